The number of carbonyl (C=O) groups is 9. The van der Waals surface area contributed by atoms with Crippen LogP contribution in [0.4, 0.5) is 0 Å². The van der Waals surface area contributed by atoms with Gasteiger partial charge in [-0.3, -0.25) is 43.2 Å². The molecule has 1 saturated heterocycles. The van der Waals surface area contributed by atoms with Crippen LogP contribution in [-0.4, -0.2) is 145 Å². The van der Waals surface area contributed by atoms with Crippen molar-refractivity contribution >= 4 is 53.2 Å². The minimum Gasteiger partial charge on any atom is -0.393 e. The maximum atomic E-state index is 14.3. The summed E-state index contributed by atoms with van der Waals surface area (Å²) < 4.78 is 0. The average Bonchev–Trinajstić information content (AvgIpc) is 3.28. The van der Waals surface area contributed by atoms with Crippen LogP contribution in [-0.2, 0) is 43.2 Å². The third-order valence-corrected chi connectivity index (χ3v) is 12.0. The molecule has 23 nitrogen and oxygen atoms in total. The SMILES string of the molecule is CC(C)CCCCCC(O)CC(=O)N[C@H](CCN)C(=O)NC1CCNC(=O)C(CC(C)C)NC(=O)[C@H](CCN)NC(=O)[C@H](CCN)NC(=O)[C@H](CC(C)C)NC(=O)[C@@H](CC(C)C)NC(=O)C(CCN)NC1=O. The van der Waals surface area contributed by atoms with Gasteiger partial charge in [-0.2, -0.15) is 0 Å². The van der Waals surface area contributed by atoms with Crippen molar-refractivity contribution in [3.63, 3.8) is 0 Å². The number of amides is 9. The third kappa shape index (κ3) is 26.1. The van der Waals surface area contributed by atoms with E-state index in [1.807, 2.05) is 41.5 Å². The molecule has 0 aliphatic carbocycles. The van der Waals surface area contributed by atoms with Crippen molar-refractivity contribution in [3.05, 3.63) is 0 Å². The van der Waals surface area contributed by atoms with E-state index >= 15 is 0 Å². The Kier molecular flexibility index (Phi) is 31.8. The summed E-state index contributed by atoms with van der Waals surface area (Å²) in [7, 11) is 0. The van der Waals surface area contributed by atoms with Gasteiger partial charge >= 0.3 is 0 Å². The third-order valence-electron chi connectivity index (χ3n) is 12.0. The van der Waals surface area contributed by atoms with Gasteiger partial charge in [0.25, 0.3) is 0 Å². The monoisotopic (exact) mass is 1020 g/mol. The fraction of sp³-hybridized carbons (Fsp3) is 0.816. The van der Waals surface area contributed by atoms with Crippen molar-refractivity contribution in [1.29, 1.82) is 0 Å². The van der Waals surface area contributed by atoms with Gasteiger partial charge in [0.15, 0.2) is 0 Å². The van der Waals surface area contributed by atoms with Crippen LogP contribution in [0.25, 0.3) is 0 Å². The Hall–Kier alpha value is -4.97. The van der Waals surface area contributed by atoms with Gasteiger partial charge in [0.2, 0.25) is 53.2 Å². The molecular formula is C49H93N13O10. The van der Waals surface area contributed by atoms with Crippen LogP contribution in [0.3, 0.4) is 0 Å². The molecule has 1 rings (SSSR count). The van der Waals surface area contributed by atoms with E-state index in [2.05, 4.69) is 61.7 Å². The second kappa shape index (κ2) is 35.2. The quantitative estimate of drug-likeness (QED) is 0.0453. The topological polar surface area (TPSA) is 386 Å². The molecule has 0 aromatic heterocycles. The summed E-state index contributed by atoms with van der Waals surface area (Å²) in [6, 6.07) is -10.1. The van der Waals surface area contributed by atoms with Gasteiger partial charge in [0, 0.05) is 6.54 Å². The van der Waals surface area contributed by atoms with Crippen LogP contribution < -0.4 is 70.8 Å². The van der Waals surface area contributed by atoms with Crippen LogP contribution in [0.15, 0.2) is 0 Å². The molecule has 72 heavy (non-hydrogen) atoms. The van der Waals surface area contributed by atoms with Gasteiger partial charge in [-0.25, -0.2) is 0 Å². The van der Waals surface area contributed by atoms with Crippen molar-refractivity contribution in [2.45, 2.75) is 200 Å². The van der Waals surface area contributed by atoms with Gasteiger partial charge in [0.1, 0.15) is 48.3 Å². The minimum absolute atomic E-state index is 0.0354. The number of hydrogen-bond donors (Lipinski definition) is 14. The second-order valence-electron chi connectivity index (χ2n) is 20.7. The molecule has 23 heteroatoms. The van der Waals surface area contributed by atoms with E-state index in [4.69, 9.17) is 22.9 Å². The number of hydrogen-bond acceptors (Lipinski definition) is 14. The Labute approximate surface area is 427 Å². The average molecular weight is 1020 g/mol. The van der Waals surface area contributed by atoms with E-state index in [0.29, 0.717) is 12.3 Å². The number of aliphatic hydroxyl groups is 1. The lowest BCUT2D eigenvalue weighted by Crippen LogP contribution is -2.60. The molecule has 18 N–H and O–H groups in total. The summed E-state index contributed by atoms with van der Waals surface area (Å²) in [5.41, 5.74) is 23.5. The highest BCUT2D eigenvalue weighted by Crippen LogP contribution is 2.14. The van der Waals surface area contributed by atoms with Crippen molar-refractivity contribution < 1.29 is 48.3 Å². The predicted octanol–water partition coefficient (Wildman–Crippen LogP) is -1.72. The number of nitrogens with one attached hydrogen (secondary N) is 9. The van der Waals surface area contributed by atoms with Gasteiger partial charge in [-0.05, 0) is 108 Å². The lowest BCUT2D eigenvalue weighted by atomic mass is 9.99. The highest BCUT2D eigenvalue weighted by Gasteiger charge is 2.35. The molecule has 0 aromatic carbocycles. The maximum Gasteiger partial charge on any atom is 0.243 e. The van der Waals surface area contributed by atoms with Crippen LogP contribution in [0.2, 0.25) is 0 Å². The Balaban J connectivity index is 3.78. The first kappa shape index (κ1) is 65.0. The first-order chi connectivity index (χ1) is 34.0. The van der Waals surface area contributed by atoms with Crippen molar-refractivity contribution in [3.8, 4) is 0 Å². The van der Waals surface area contributed by atoms with Crippen LogP contribution in [0.5, 0.6) is 0 Å². The largest absolute Gasteiger partial charge is 0.393 e. The molecule has 1 heterocycles. The molecule has 0 radical (unpaired) electrons. The zero-order valence-corrected chi connectivity index (χ0v) is 44.4. The summed E-state index contributed by atoms with van der Waals surface area (Å²) in [6.45, 7) is 14.8. The van der Waals surface area contributed by atoms with E-state index in [9.17, 15) is 48.3 Å². The summed E-state index contributed by atoms with van der Waals surface area (Å²) in [6.07, 6.45) is 2.76. The van der Waals surface area contributed by atoms with E-state index in [1.54, 1.807) is 0 Å². The van der Waals surface area contributed by atoms with Gasteiger partial charge in [0.05, 0.1) is 12.5 Å². The molecule has 0 spiro atoms. The Morgan fingerprint density at radius 3 is 1.31 bits per heavy atom. The molecule has 1 aliphatic heterocycles. The molecule has 0 bridgehead atoms. The summed E-state index contributed by atoms with van der Waals surface area (Å²) in [4.78, 5) is 125. The molecule has 1 fully saturated rings. The van der Waals surface area contributed by atoms with Crippen LogP contribution >= 0.6 is 0 Å². The highest BCUT2D eigenvalue weighted by molar-refractivity contribution is 5.98. The molecule has 4 unspecified atom stereocenters. The molecule has 1 aliphatic rings. The number of carbonyl (C=O) groups excluding carboxylic acids is 9. The van der Waals surface area contributed by atoms with Crippen LogP contribution in [0, 0.1) is 23.7 Å². The van der Waals surface area contributed by atoms with Gasteiger partial charge < -0.3 is 75.9 Å². The highest BCUT2D eigenvalue weighted by atomic mass is 16.3. The Morgan fingerprint density at radius 2 is 0.903 bits per heavy atom. The van der Waals surface area contributed by atoms with Crippen molar-refractivity contribution in [2.75, 3.05) is 32.7 Å². The fourth-order valence-corrected chi connectivity index (χ4v) is 8.17. The molecule has 9 atom stereocenters. The molecule has 0 aromatic rings. The Bertz CT molecular complexity index is 1720. The lowest BCUT2D eigenvalue weighted by Gasteiger charge is -2.29. The lowest BCUT2D eigenvalue weighted by molar-refractivity contribution is -0.136. The normalized spacial score (nSPS) is 23.6. The standard InChI is InChI=1S/C49H93N13O10/c1-28(2)12-10-9-11-13-32(63)27-41(64)55-33(14-19-50)43(66)59-37-18-23-54-42(65)38(24-29(3)4)60-45(68)35(16-21-52)56-44(67)34(15-20-51)58-48(71)39(25-30(5)6)62-49(72)40(26-31(7)8)61-46(69)36(17-22-53)57-47(37)70/h28-40,63H,9-27,50-53H2,1-8H3,(H,54,65)(H,55,64)(H,56,67)(H,57,70)(H,58,71)(H,59,66)(H,60,68)(H,61,69)(H,62,72)/t32?,33-,34+,35+,36?,37?,38?,39+,40-/m1/s1. The van der Waals surface area contributed by atoms with E-state index < -0.39 is 108 Å². The zero-order chi connectivity index (χ0) is 54.5. The van der Waals surface area contributed by atoms with E-state index in [-0.39, 0.29) is 108 Å². The zero-order valence-electron chi connectivity index (χ0n) is 44.4. The first-order valence-electron chi connectivity index (χ1n) is 26.1. The second-order valence-corrected chi connectivity index (χ2v) is 20.7. The minimum atomic E-state index is -1.45. The maximum absolute atomic E-state index is 14.3. The van der Waals surface area contributed by atoms with Crippen LogP contribution in [0.1, 0.15) is 145 Å². The molecule has 9 amide bonds. The van der Waals surface area contributed by atoms with Gasteiger partial charge in [-0.1, -0.05) is 81.1 Å². The van der Waals surface area contributed by atoms with Crippen molar-refractivity contribution in [1.82, 2.24) is 47.9 Å². The Morgan fingerprint density at radius 1 is 0.514 bits per heavy atom. The van der Waals surface area contributed by atoms with Crippen molar-refractivity contribution in [2.24, 2.45) is 46.6 Å². The van der Waals surface area contributed by atoms with Gasteiger partial charge in [-0.15, -0.1) is 0 Å². The summed E-state index contributed by atoms with van der Waals surface area (Å²) in [5.74, 6) is -6.49. The predicted molar refractivity (Wildman–Crippen MR) is 275 cm³/mol. The summed E-state index contributed by atoms with van der Waals surface area (Å²) >= 11 is 0. The first-order valence-corrected chi connectivity index (χ1v) is 26.1. The number of nitrogens with two attached hydrogens (primary N) is 4. The molecule has 414 valence electrons. The number of rotatable bonds is 25. The number of unbranched alkanes of at least 4 members (excludes halogenated alkanes) is 2. The smallest absolute Gasteiger partial charge is 0.243 e. The number of aliphatic hydroxyl groups excluding tert-OH is 1. The summed E-state index contributed by atoms with van der Waals surface area (Å²) in [5, 5.41) is 34.7. The van der Waals surface area contributed by atoms with E-state index in [1.165, 1.54) is 0 Å². The molecular weight excluding hydrogens is 931 g/mol. The molecule has 0 saturated carbocycles. The van der Waals surface area contributed by atoms with E-state index in [0.717, 1.165) is 25.7 Å². The fourth-order valence-electron chi connectivity index (χ4n) is 8.17.